The first-order valence-corrected chi connectivity index (χ1v) is 6.38. The molecule has 0 spiro atoms. The van der Waals surface area contributed by atoms with E-state index in [0.717, 1.165) is 6.07 Å². The number of hydrogen-bond acceptors (Lipinski definition) is 3. The lowest BCUT2D eigenvalue weighted by molar-refractivity contribution is -0.121. The largest absolute Gasteiger partial charge is 0.394 e. The number of aliphatic hydroxyl groups is 1. The van der Waals surface area contributed by atoms with E-state index in [1.807, 2.05) is 13.8 Å². The summed E-state index contributed by atoms with van der Waals surface area (Å²) in [6.45, 7) is 3.35. The Kier molecular flexibility index (Phi) is 6.11. The van der Waals surface area contributed by atoms with Crippen LogP contribution in [0.1, 0.15) is 24.2 Å². The molecule has 0 aromatic heterocycles. The number of hydrogen-bond donors (Lipinski definition) is 3. The fraction of sp³-hybridized carbons (Fsp3) is 0.429. The first-order chi connectivity index (χ1) is 9.43. The molecule has 5 nitrogen and oxygen atoms in total. The Morgan fingerprint density at radius 3 is 2.60 bits per heavy atom. The summed E-state index contributed by atoms with van der Waals surface area (Å²) < 4.78 is 12.9. The number of carbonyl (C=O) groups is 2. The van der Waals surface area contributed by atoms with E-state index in [9.17, 15) is 14.0 Å². The van der Waals surface area contributed by atoms with Gasteiger partial charge in [0.05, 0.1) is 19.2 Å². The highest BCUT2D eigenvalue weighted by Crippen LogP contribution is 2.03. The zero-order valence-electron chi connectivity index (χ0n) is 11.5. The number of amides is 2. The maximum atomic E-state index is 12.9. The van der Waals surface area contributed by atoms with Crippen molar-refractivity contribution in [3.63, 3.8) is 0 Å². The molecule has 2 amide bonds. The van der Waals surface area contributed by atoms with Gasteiger partial charge in [0, 0.05) is 5.56 Å². The zero-order chi connectivity index (χ0) is 15.1. The second kappa shape index (κ2) is 7.59. The standard InChI is InChI=1S/C14H19FN2O3/c1-9(2)12(8-18)17-13(19)7-16-14(20)10-4-3-5-11(15)6-10/h3-6,9,12,18H,7-8H2,1-2H3,(H,16,20)(H,17,19)/t12-/m1/s1. The number of halogens is 1. The summed E-state index contributed by atoms with van der Waals surface area (Å²) in [5.41, 5.74) is 0.153. The Balaban J connectivity index is 2.47. The third kappa shape index (κ3) is 4.97. The van der Waals surface area contributed by atoms with Crippen LogP contribution in [-0.2, 0) is 4.79 Å². The van der Waals surface area contributed by atoms with Crippen LogP contribution in [0.25, 0.3) is 0 Å². The summed E-state index contributed by atoms with van der Waals surface area (Å²) in [5.74, 6) is -1.35. The van der Waals surface area contributed by atoms with Crippen molar-refractivity contribution in [3.05, 3.63) is 35.6 Å². The molecule has 110 valence electrons. The summed E-state index contributed by atoms with van der Waals surface area (Å²) in [6.07, 6.45) is 0. The number of aliphatic hydroxyl groups excluding tert-OH is 1. The third-order valence-corrected chi connectivity index (χ3v) is 2.84. The molecule has 0 aliphatic carbocycles. The highest BCUT2D eigenvalue weighted by atomic mass is 19.1. The number of benzene rings is 1. The predicted octanol–water partition coefficient (Wildman–Crippen LogP) is 0.689. The van der Waals surface area contributed by atoms with E-state index in [2.05, 4.69) is 10.6 Å². The molecule has 6 heteroatoms. The quantitative estimate of drug-likeness (QED) is 0.718. The van der Waals surface area contributed by atoms with Gasteiger partial charge in [-0.1, -0.05) is 19.9 Å². The van der Waals surface area contributed by atoms with Gasteiger partial charge in [0.25, 0.3) is 5.91 Å². The zero-order valence-corrected chi connectivity index (χ0v) is 11.5. The normalized spacial score (nSPS) is 12.1. The molecule has 0 unspecified atom stereocenters. The van der Waals surface area contributed by atoms with Crippen LogP contribution in [0.3, 0.4) is 0 Å². The first-order valence-electron chi connectivity index (χ1n) is 6.38. The number of nitrogens with one attached hydrogen (secondary N) is 2. The van der Waals surface area contributed by atoms with E-state index in [0.29, 0.717) is 0 Å². The molecule has 0 radical (unpaired) electrons. The lowest BCUT2D eigenvalue weighted by Crippen LogP contribution is -2.45. The second-order valence-electron chi connectivity index (χ2n) is 4.79. The van der Waals surface area contributed by atoms with E-state index in [4.69, 9.17) is 5.11 Å². The van der Waals surface area contributed by atoms with Crippen LogP contribution < -0.4 is 10.6 Å². The maximum absolute atomic E-state index is 12.9. The summed E-state index contributed by atoms with van der Waals surface area (Å²) in [4.78, 5) is 23.3. The molecule has 0 bridgehead atoms. The van der Waals surface area contributed by atoms with Crippen molar-refractivity contribution in [1.29, 1.82) is 0 Å². The average molecular weight is 282 g/mol. The van der Waals surface area contributed by atoms with Crippen molar-refractivity contribution >= 4 is 11.8 Å². The Morgan fingerprint density at radius 2 is 2.05 bits per heavy atom. The highest BCUT2D eigenvalue weighted by Gasteiger charge is 2.15. The van der Waals surface area contributed by atoms with Crippen molar-refractivity contribution < 1.29 is 19.1 Å². The lowest BCUT2D eigenvalue weighted by Gasteiger charge is -2.19. The molecule has 0 saturated carbocycles. The molecule has 1 aromatic rings. The van der Waals surface area contributed by atoms with Crippen LogP contribution >= 0.6 is 0 Å². The second-order valence-corrected chi connectivity index (χ2v) is 4.79. The minimum absolute atomic E-state index is 0.0860. The highest BCUT2D eigenvalue weighted by molar-refractivity contribution is 5.96. The molecular formula is C14H19FN2O3. The van der Waals surface area contributed by atoms with Gasteiger partial charge in [0.15, 0.2) is 0 Å². The van der Waals surface area contributed by atoms with Crippen LogP contribution in [-0.4, -0.2) is 36.1 Å². The van der Waals surface area contributed by atoms with Gasteiger partial charge in [-0.25, -0.2) is 4.39 Å². The smallest absolute Gasteiger partial charge is 0.251 e. The van der Waals surface area contributed by atoms with Crippen molar-refractivity contribution in [2.75, 3.05) is 13.2 Å². The molecule has 0 fully saturated rings. The van der Waals surface area contributed by atoms with Gasteiger partial charge >= 0.3 is 0 Å². The molecule has 0 saturated heterocycles. The Morgan fingerprint density at radius 1 is 1.35 bits per heavy atom. The molecule has 1 rings (SSSR count). The topological polar surface area (TPSA) is 78.4 Å². The van der Waals surface area contributed by atoms with Crippen LogP contribution in [0.4, 0.5) is 4.39 Å². The van der Waals surface area contributed by atoms with Gasteiger partial charge in [-0.2, -0.15) is 0 Å². The molecule has 0 heterocycles. The van der Waals surface area contributed by atoms with Crippen LogP contribution in [0.15, 0.2) is 24.3 Å². The monoisotopic (exact) mass is 282 g/mol. The van der Waals surface area contributed by atoms with Gasteiger partial charge < -0.3 is 15.7 Å². The molecule has 3 N–H and O–H groups in total. The molecule has 20 heavy (non-hydrogen) atoms. The van der Waals surface area contributed by atoms with Gasteiger partial charge in [-0.3, -0.25) is 9.59 Å². The van der Waals surface area contributed by atoms with Gasteiger partial charge in [0.1, 0.15) is 5.82 Å². The van der Waals surface area contributed by atoms with E-state index in [1.165, 1.54) is 18.2 Å². The average Bonchev–Trinajstić information content (AvgIpc) is 2.41. The molecule has 0 aliphatic heterocycles. The van der Waals surface area contributed by atoms with Crippen molar-refractivity contribution in [3.8, 4) is 0 Å². The van der Waals surface area contributed by atoms with Crippen molar-refractivity contribution in [2.24, 2.45) is 5.92 Å². The minimum Gasteiger partial charge on any atom is -0.394 e. The molecule has 1 atom stereocenters. The van der Waals surface area contributed by atoms with E-state index in [1.54, 1.807) is 0 Å². The predicted molar refractivity (Wildman–Crippen MR) is 72.6 cm³/mol. The third-order valence-electron chi connectivity index (χ3n) is 2.84. The summed E-state index contributed by atoms with van der Waals surface area (Å²) in [7, 11) is 0. The first kappa shape index (κ1) is 16.1. The van der Waals surface area contributed by atoms with Crippen LogP contribution in [0.5, 0.6) is 0 Å². The van der Waals surface area contributed by atoms with E-state index >= 15 is 0 Å². The van der Waals surface area contributed by atoms with Crippen LogP contribution in [0.2, 0.25) is 0 Å². The minimum atomic E-state index is -0.523. The lowest BCUT2D eigenvalue weighted by atomic mass is 10.1. The van der Waals surface area contributed by atoms with Crippen LogP contribution in [0, 0.1) is 11.7 Å². The Labute approximate surface area is 117 Å². The van der Waals surface area contributed by atoms with Gasteiger partial charge in [0.2, 0.25) is 5.91 Å². The maximum Gasteiger partial charge on any atom is 0.251 e. The summed E-state index contributed by atoms with van der Waals surface area (Å²) >= 11 is 0. The molecular weight excluding hydrogens is 263 g/mol. The Bertz CT molecular complexity index is 477. The number of carbonyl (C=O) groups excluding carboxylic acids is 2. The van der Waals surface area contributed by atoms with Crippen molar-refractivity contribution in [2.45, 2.75) is 19.9 Å². The van der Waals surface area contributed by atoms with E-state index in [-0.39, 0.29) is 30.7 Å². The van der Waals surface area contributed by atoms with E-state index < -0.39 is 17.6 Å². The molecule has 1 aromatic carbocycles. The van der Waals surface area contributed by atoms with Crippen molar-refractivity contribution in [1.82, 2.24) is 10.6 Å². The summed E-state index contributed by atoms with van der Waals surface area (Å²) in [5, 5.41) is 14.1. The molecule has 0 aliphatic rings. The fourth-order valence-electron chi connectivity index (χ4n) is 1.57. The van der Waals surface area contributed by atoms with Gasteiger partial charge in [-0.15, -0.1) is 0 Å². The Hall–Kier alpha value is -1.95. The number of rotatable bonds is 6. The SMILES string of the molecule is CC(C)[C@@H](CO)NC(=O)CNC(=O)c1cccc(F)c1. The van der Waals surface area contributed by atoms with Gasteiger partial charge in [-0.05, 0) is 24.1 Å². The summed E-state index contributed by atoms with van der Waals surface area (Å²) in [6, 6.07) is 4.86. The fourth-order valence-corrected chi connectivity index (χ4v) is 1.57.